The second-order valence-electron chi connectivity index (χ2n) is 9.50. The van der Waals surface area contributed by atoms with Gasteiger partial charge in [0.2, 0.25) is 0 Å². The summed E-state index contributed by atoms with van der Waals surface area (Å²) in [6.07, 6.45) is 16.8. The maximum Gasteiger partial charge on any atom is 0.156 e. The monoisotopic (exact) mass is 337 g/mol. The fraction of sp³-hybridized carbons (Fsp3) is 0.739. The Morgan fingerprint density at radius 2 is 2.04 bits per heavy atom. The Morgan fingerprint density at radius 1 is 1.20 bits per heavy atom. The molecule has 0 aromatic carbocycles. The van der Waals surface area contributed by atoms with Crippen molar-refractivity contribution in [3.05, 3.63) is 23.8 Å². The van der Waals surface area contributed by atoms with E-state index in [1.165, 1.54) is 37.7 Å². The predicted molar refractivity (Wildman–Crippen MR) is 99.6 cm³/mol. The van der Waals surface area contributed by atoms with Crippen LogP contribution in [0.4, 0.5) is 0 Å². The van der Waals surface area contributed by atoms with Gasteiger partial charge in [0, 0.05) is 12.8 Å². The van der Waals surface area contributed by atoms with Gasteiger partial charge in [-0.1, -0.05) is 26.0 Å². The lowest BCUT2D eigenvalue weighted by Crippen LogP contribution is -2.48. The summed E-state index contributed by atoms with van der Waals surface area (Å²) in [5, 5.41) is 8.86. The van der Waals surface area contributed by atoms with E-state index < -0.39 is 0 Å². The van der Waals surface area contributed by atoms with E-state index in [4.69, 9.17) is 5.26 Å². The Bertz CT molecular complexity index is 668. The minimum absolute atomic E-state index is 0.216. The van der Waals surface area contributed by atoms with Crippen molar-refractivity contribution in [1.82, 2.24) is 0 Å². The average Bonchev–Trinajstić information content (AvgIpc) is 2.92. The molecule has 0 bridgehead atoms. The molecular weight excluding hydrogens is 306 g/mol. The highest BCUT2D eigenvalue weighted by molar-refractivity contribution is 5.92. The van der Waals surface area contributed by atoms with Crippen LogP contribution in [0, 0.1) is 45.8 Å². The highest BCUT2D eigenvalue weighted by Crippen LogP contribution is 2.65. The fourth-order valence-corrected chi connectivity index (χ4v) is 7.01. The number of hydrogen-bond donors (Lipinski definition) is 0. The molecule has 0 aromatic rings. The molecule has 0 spiro atoms. The van der Waals surface area contributed by atoms with Crippen LogP contribution < -0.4 is 0 Å². The van der Waals surface area contributed by atoms with Gasteiger partial charge in [-0.3, -0.25) is 4.79 Å². The van der Waals surface area contributed by atoms with Crippen molar-refractivity contribution in [2.24, 2.45) is 34.5 Å². The highest BCUT2D eigenvalue weighted by atomic mass is 16.1. The first kappa shape index (κ1) is 17.1. The number of carbonyl (C=O) groups excluding carboxylic acids is 1. The smallest absolute Gasteiger partial charge is 0.156 e. The molecule has 4 aliphatic rings. The Kier molecular flexibility index (Phi) is 4.18. The maximum absolute atomic E-state index is 11.9. The van der Waals surface area contributed by atoms with Crippen LogP contribution in [0.3, 0.4) is 0 Å². The summed E-state index contributed by atoms with van der Waals surface area (Å²) in [6, 6.07) is 2.32. The second kappa shape index (κ2) is 6.11. The lowest BCUT2D eigenvalue weighted by atomic mass is 9.48. The number of rotatable bonds is 3. The van der Waals surface area contributed by atoms with Crippen LogP contribution in [0.25, 0.3) is 0 Å². The summed E-state index contributed by atoms with van der Waals surface area (Å²) in [5.41, 5.74) is 1.98. The first-order valence-corrected chi connectivity index (χ1v) is 10.3. The summed E-state index contributed by atoms with van der Waals surface area (Å²) in [6.45, 7) is 4.97. The molecule has 25 heavy (non-hydrogen) atoms. The first-order chi connectivity index (χ1) is 12.0. The number of ketones is 1. The number of nitrogens with zero attached hydrogens (tertiary/aromatic N) is 1. The van der Waals surface area contributed by atoms with Crippen LogP contribution in [-0.2, 0) is 4.79 Å². The average molecular weight is 338 g/mol. The van der Waals surface area contributed by atoms with Gasteiger partial charge in [0.25, 0.3) is 0 Å². The van der Waals surface area contributed by atoms with Gasteiger partial charge in [0.15, 0.2) is 5.78 Å². The fourth-order valence-electron chi connectivity index (χ4n) is 7.01. The molecule has 2 heteroatoms. The van der Waals surface area contributed by atoms with Gasteiger partial charge >= 0.3 is 0 Å². The molecule has 0 aromatic heterocycles. The van der Waals surface area contributed by atoms with Gasteiger partial charge in [0.1, 0.15) is 0 Å². The second-order valence-corrected chi connectivity index (χ2v) is 9.50. The molecule has 0 N–H and O–H groups in total. The number of nitriles is 1. The molecule has 4 aliphatic carbocycles. The van der Waals surface area contributed by atoms with Crippen molar-refractivity contribution < 1.29 is 4.79 Å². The van der Waals surface area contributed by atoms with Crippen LogP contribution in [0.15, 0.2) is 23.8 Å². The van der Waals surface area contributed by atoms with Crippen LogP contribution >= 0.6 is 0 Å². The third-order valence-electron chi connectivity index (χ3n) is 8.55. The molecule has 0 heterocycles. The summed E-state index contributed by atoms with van der Waals surface area (Å²) in [7, 11) is 0. The normalized spacial score (nSPS) is 45.2. The summed E-state index contributed by atoms with van der Waals surface area (Å²) in [5.74, 6) is 3.32. The minimum Gasteiger partial charge on any atom is -0.295 e. The molecule has 0 aliphatic heterocycles. The van der Waals surface area contributed by atoms with E-state index in [-0.39, 0.29) is 5.41 Å². The zero-order valence-corrected chi connectivity index (χ0v) is 15.8. The van der Waals surface area contributed by atoms with E-state index in [1.54, 1.807) is 0 Å². The van der Waals surface area contributed by atoms with Crippen LogP contribution in [-0.4, -0.2) is 5.78 Å². The lowest BCUT2D eigenvalue weighted by Gasteiger charge is -2.56. The number of carbonyl (C=O) groups is 1. The molecule has 134 valence electrons. The zero-order chi connectivity index (χ0) is 17.7. The zero-order valence-electron chi connectivity index (χ0n) is 15.8. The first-order valence-electron chi connectivity index (χ1n) is 10.3. The Balaban J connectivity index is 1.60. The quantitative estimate of drug-likeness (QED) is 0.629. The van der Waals surface area contributed by atoms with E-state index in [0.29, 0.717) is 29.5 Å². The highest BCUT2D eigenvalue weighted by Gasteiger charge is 2.57. The molecule has 0 amide bonds. The van der Waals surface area contributed by atoms with Gasteiger partial charge in [-0.25, -0.2) is 0 Å². The number of unbranched alkanes of at least 4 members (excludes halogenated alkanes) is 1. The molecule has 4 rings (SSSR count). The summed E-state index contributed by atoms with van der Waals surface area (Å²) in [4.78, 5) is 11.9. The van der Waals surface area contributed by atoms with Crippen LogP contribution in [0.5, 0.6) is 0 Å². The molecule has 2 saturated carbocycles. The maximum atomic E-state index is 11.9. The topological polar surface area (TPSA) is 40.9 Å². The summed E-state index contributed by atoms with van der Waals surface area (Å²) >= 11 is 0. The van der Waals surface area contributed by atoms with Crippen LogP contribution in [0.1, 0.15) is 71.6 Å². The van der Waals surface area contributed by atoms with Crippen molar-refractivity contribution in [3.8, 4) is 6.07 Å². The molecule has 2 nitrogen and oxygen atoms in total. The van der Waals surface area contributed by atoms with Gasteiger partial charge in [-0.2, -0.15) is 5.26 Å². The molecule has 6 atom stereocenters. The third-order valence-corrected chi connectivity index (χ3v) is 8.55. The van der Waals surface area contributed by atoms with Gasteiger partial charge in [-0.05, 0) is 91.1 Å². The van der Waals surface area contributed by atoms with Crippen molar-refractivity contribution in [1.29, 1.82) is 5.26 Å². The van der Waals surface area contributed by atoms with Gasteiger partial charge in [0.05, 0.1) is 6.07 Å². The Hall–Kier alpha value is -1.36. The van der Waals surface area contributed by atoms with Gasteiger partial charge in [-0.15, -0.1) is 0 Å². The SMILES string of the molecule is CC12CCC(=O)C=C1C=CC1C2CCC2(C)C(CCCC#N)CCC12. The molecule has 2 fully saturated rings. The minimum atomic E-state index is 0.216. The van der Waals surface area contributed by atoms with E-state index >= 15 is 0 Å². The van der Waals surface area contributed by atoms with Crippen LogP contribution in [0.2, 0.25) is 0 Å². The number of allylic oxidation sites excluding steroid dienone is 4. The Morgan fingerprint density at radius 3 is 2.84 bits per heavy atom. The van der Waals surface area contributed by atoms with Gasteiger partial charge < -0.3 is 0 Å². The van der Waals surface area contributed by atoms with Crippen molar-refractivity contribution in [2.75, 3.05) is 0 Å². The molecule has 6 unspecified atom stereocenters. The standard InChI is InChI=1S/C23H31NO/c1-22-13-11-21-19(20(22)9-7-16(22)5-3-4-14-24)8-6-17-15-18(25)10-12-23(17,21)2/h6,8,15-16,19-21H,3-5,7,9-13H2,1-2H3. The lowest BCUT2D eigenvalue weighted by molar-refractivity contribution is -0.116. The predicted octanol–water partition coefficient (Wildman–Crippen LogP) is 5.60. The number of fused-ring (bicyclic) bond motifs is 5. The van der Waals surface area contributed by atoms with E-state index in [1.807, 2.05) is 6.08 Å². The Labute approximate surface area is 152 Å². The third kappa shape index (κ3) is 2.54. The van der Waals surface area contributed by atoms with E-state index in [0.717, 1.165) is 31.1 Å². The largest absolute Gasteiger partial charge is 0.295 e. The molecule has 0 radical (unpaired) electrons. The van der Waals surface area contributed by atoms with E-state index in [2.05, 4.69) is 32.1 Å². The molecule has 0 saturated heterocycles. The summed E-state index contributed by atoms with van der Waals surface area (Å²) < 4.78 is 0. The van der Waals surface area contributed by atoms with Crippen molar-refractivity contribution >= 4 is 5.78 Å². The van der Waals surface area contributed by atoms with Crippen molar-refractivity contribution in [2.45, 2.75) is 71.6 Å². The number of hydrogen-bond acceptors (Lipinski definition) is 2. The van der Waals surface area contributed by atoms with E-state index in [9.17, 15) is 4.79 Å². The molecular formula is C23H31NO. The van der Waals surface area contributed by atoms with Crippen molar-refractivity contribution in [3.63, 3.8) is 0 Å².